The molecule has 7 heteroatoms. The zero-order valence-corrected chi connectivity index (χ0v) is 15.4. The van der Waals surface area contributed by atoms with Gasteiger partial charge in [0.25, 0.3) is 0 Å². The molecule has 4 nitrogen and oxygen atoms in total. The third-order valence-electron chi connectivity index (χ3n) is 3.62. The fraction of sp³-hybridized carbons (Fsp3) is 0.176. The van der Waals surface area contributed by atoms with Crippen LogP contribution < -0.4 is 0 Å². The van der Waals surface area contributed by atoms with Crippen molar-refractivity contribution in [3.63, 3.8) is 0 Å². The Labute approximate surface area is 150 Å². The summed E-state index contributed by atoms with van der Waals surface area (Å²) in [6, 6.07) is 10.5. The van der Waals surface area contributed by atoms with Gasteiger partial charge in [-0.25, -0.2) is 8.42 Å². The van der Waals surface area contributed by atoms with Crippen LogP contribution in [0, 0.1) is 6.92 Å². The Morgan fingerprint density at radius 1 is 1.21 bits per heavy atom. The number of hydrogen-bond donors (Lipinski definition) is 0. The standard InChI is InChI=1S/C17H16ClNO3S2/c1-13-4-5-15(18)9-17(13)24(20,21)19(10-14-6-7-22-12-14)11-16-3-2-8-23-16/h2-9,12H,10-11H2,1H3. The van der Waals surface area contributed by atoms with Crippen LogP contribution in [0.2, 0.25) is 5.02 Å². The minimum absolute atomic E-state index is 0.232. The van der Waals surface area contributed by atoms with E-state index in [4.69, 9.17) is 16.0 Å². The highest BCUT2D eigenvalue weighted by Gasteiger charge is 2.27. The lowest BCUT2D eigenvalue weighted by molar-refractivity contribution is 0.401. The minimum Gasteiger partial charge on any atom is -0.472 e. The fourth-order valence-corrected chi connectivity index (χ4v) is 5.07. The van der Waals surface area contributed by atoms with Gasteiger partial charge in [-0.1, -0.05) is 23.7 Å². The van der Waals surface area contributed by atoms with Gasteiger partial charge in [-0.3, -0.25) is 0 Å². The van der Waals surface area contributed by atoms with Gasteiger partial charge in [-0.15, -0.1) is 11.3 Å². The van der Waals surface area contributed by atoms with Gasteiger partial charge in [-0.05, 0) is 42.1 Å². The second kappa shape index (κ2) is 7.11. The summed E-state index contributed by atoms with van der Waals surface area (Å²) in [5.74, 6) is 0. The third-order valence-corrected chi connectivity index (χ3v) is 6.65. The molecule has 0 aliphatic carbocycles. The number of aryl methyl sites for hydroxylation is 1. The molecule has 0 atom stereocenters. The van der Waals surface area contributed by atoms with Gasteiger partial charge in [0.2, 0.25) is 10.0 Å². The van der Waals surface area contributed by atoms with Crippen molar-refractivity contribution >= 4 is 33.0 Å². The van der Waals surface area contributed by atoms with Gasteiger partial charge in [-0.2, -0.15) is 4.31 Å². The maximum atomic E-state index is 13.2. The number of rotatable bonds is 6. The van der Waals surface area contributed by atoms with Crippen molar-refractivity contribution in [1.82, 2.24) is 4.31 Å². The Bertz CT molecular complexity index is 867. The van der Waals surface area contributed by atoms with Crippen molar-refractivity contribution in [2.45, 2.75) is 24.9 Å². The summed E-state index contributed by atoms with van der Waals surface area (Å²) in [5.41, 5.74) is 1.47. The first-order chi connectivity index (χ1) is 11.5. The Morgan fingerprint density at radius 3 is 2.71 bits per heavy atom. The Hall–Kier alpha value is -1.60. The van der Waals surface area contributed by atoms with Crippen molar-refractivity contribution in [3.8, 4) is 0 Å². The van der Waals surface area contributed by atoms with E-state index >= 15 is 0 Å². The molecule has 0 aliphatic rings. The van der Waals surface area contributed by atoms with E-state index in [-0.39, 0.29) is 11.4 Å². The molecule has 0 bridgehead atoms. The Kier molecular flexibility index (Phi) is 5.10. The molecule has 0 spiro atoms. The molecule has 0 saturated heterocycles. The predicted octanol–water partition coefficient (Wildman–Crippen LogP) is 4.69. The smallest absolute Gasteiger partial charge is 0.244 e. The molecule has 3 aromatic rings. The summed E-state index contributed by atoms with van der Waals surface area (Å²) in [6.45, 7) is 2.31. The topological polar surface area (TPSA) is 50.5 Å². The lowest BCUT2D eigenvalue weighted by atomic mass is 10.2. The molecule has 2 aromatic heterocycles. The van der Waals surface area contributed by atoms with Crippen molar-refractivity contribution in [2.75, 3.05) is 0 Å². The van der Waals surface area contributed by atoms with Gasteiger partial charge < -0.3 is 4.42 Å². The first-order valence-electron chi connectivity index (χ1n) is 7.26. The first-order valence-corrected chi connectivity index (χ1v) is 9.96. The highest BCUT2D eigenvalue weighted by molar-refractivity contribution is 7.89. The summed E-state index contributed by atoms with van der Waals surface area (Å²) in [7, 11) is -3.69. The summed E-state index contributed by atoms with van der Waals surface area (Å²) in [4.78, 5) is 1.21. The number of sulfonamides is 1. The molecule has 0 saturated carbocycles. The van der Waals surface area contributed by atoms with E-state index in [0.29, 0.717) is 17.1 Å². The minimum atomic E-state index is -3.69. The van der Waals surface area contributed by atoms with Crippen LogP contribution in [0.5, 0.6) is 0 Å². The van der Waals surface area contributed by atoms with Crippen LogP contribution in [-0.2, 0) is 23.1 Å². The Morgan fingerprint density at radius 2 is 2.04 bits per heavy atom. The van der Waals surface area contributed by atoms with Gasteiger partial charge in [0.05, 0.1) is 17.4 Å². The van der Waals surface area contributed by atoms with Crippen molar-refractivity contribution in [2.24, 2.45) is 0 Å². The van der Waals surface area contributed by atoms with E-state index in [0.717, 1.165) is 10.4 Å². The van der Waals surface area contributed by atoms with Crippen LogP contribution in [0.15, 0.2) is 63.6 Å². The normalized spacial score (nSPS) is 12.0. The number of hydrogen-bond acceptors (Lipinski definition) is 4. The molecule has 24 heavy (non-hydrogen) atoms. The van der Waals surface area contributed by atoms with Crippen LogP contribution in [0.1, 0.15) is 16.0 Å². The lowest BCUT2D eigenvalue weighted by Gasteiger charge is -2.22. The van der Waals surface area contributed by atoms with E-state index in [2.05, 4.69) is 0 Å². The molecule has 2 heterocycles. The third kappa shape index (κ3) is 3.72. The van der Waals surface area contributed by atoms with Crippen molar-refractivity contribution < 1.29 is 12.8 Å². The largest absolute Gasteiger partial charge is 0.472 e. The molecule has 3 rings (SSSR count). The monoisotopic (exact) mass is 381 g/mol. The zero-order valence-electron chi connectivity index (χ0n) is 13.0. The summed E-state index contributed by atoms with van der Waals surface area (Å²) in [6.07, 6.45) is 3.09. The molecule has 0 N–H and O–H groups in total. The van der Waals surface area contributed by atoms with Gasteiger partial charge >= 0.3 is 0 Å². The van der Waals surface area contributed by atoms with Crippen LogP contribution in [0.25, 0.3) is 0 Å². The Balaban J connectivity index is 2.00. The average molecular weight is 382 g/mol. The van der Waals surface area contributed by atoms with Gasteiger partial charge in [0.15, 0.2) is 0 Å². The van der Waals surface area contributed by atoms with E-state index in [9.17, 15) is 8.42 Å². The molecule has 0 fully saturated rings. The second-order valence-electron chi connectivity index (χ2n) is 5.39. The number of halogens is 1. The molecule has 1 aromatic carbocycles. The van der Waals surface area contributed by atoms with Crippen LogP contribution in [0.4, 0.5) is 0 Å². The average Bonchev–Trinajstić information content (AvgIpc) is 3.22. The first kappa shape index (κ1) is 17.2. The lowest BCUT2D eigenvalue weighted by Crippen LogP contribution is -2.30. The molecule has 0 aliphatic heterocycles. The maximum absolute atomic E-state index is 13.2. The number of furan rings is 1. The van der Waals surface area contributed by atoms with Crippen LogP contribution in [-0.4, -0.2) is 12.7 Å². The predicted molar refractivity (Wildman–Crippen MR) is 95.6 cm³/mol. The van der Waals surface area contributed by atoms with E-state index in [1.165, 1.54) is 28.0 Å². The molecule has 0 radical (unpaired) electrons. The molecule has 126 valence electrons. The SMILES string of the molecule is Cc1ccc(Cl)cc1S(=O)(=O)N(Cc1ccoc1)Cc1cccs1. The number of nitrogens with zero attached hydrogens (tertiary/aromatic N) is 1. The van der Waals surface area contributed by atoms with Gasteiger partial charge in [0, 0.05) is 28.6 Å². The van der Waals surface area contributed by atoms with E-state index < -0.39 is 10.0 Å². The van der Waals surface area contributed by atoms with E-state index in [1.807, 2.05) is 17.5 Å². The molecular formula is C17H16ClNO3S2. The zero-order chi connectivity index (χ0) is 17.2. The van der Waals surface area contributed by atoms with Crippen molar-refractivity contribution in [3.05, 3.63) is 75.3 Å². The second-order valence-corrected chi connectivity index (χ2v) is 8.77. The molecular weight excluding hydrogens is 366 g/mol. The molecule has 0 unspecified atom stereocenters. The highest BCUT2D eigenvalue weighted by Crippen LogP contribution is 2.27. The summed E-state index contributed by atoms with van der Waals surface area (Å²) >= 11 is 7.54. The summed E-state index contributed by atoms with van der Waals surface area (Å²) < 4.78 is 32.9. The van der Waals surface area contributed by atoms with Crippen molar-refractivity contribution in [1.29, 1.82) is 0 Å². The number of thiophene rings is 1. The maximum Gasteiger partial charge on any atom is 0.244 e. The molecule has 0 amide bonds. The van der Waals surface area contributed by atoms with Gasteiger partial charge in [0.1, 0.15) is 0 Å². The number of benzene rings is 1. The van der Waals surface area contributed by atoms with Crippen LogP contribution >= 0.6 is 22.9 Å². The fourth-order valence-electron chi connectivity index (χ4n) is 2.38. The van der Waals surface area contributed by atoms with E-state index in [1.54, 1.807) is 31.4 Å². The highest BCUT2D eigenvalue weighted by atomic mass is 35.5. The van der Waals surface area contributed by atoms with Crippen LogP contribution in [0.3, 0.4) is 0 Å². The summed E-state index contributed by atoms with van der Waals surface area (Å²) in [5, 5.41) is 2.33. The quantitative estimate of drug-likeness (QED) is 0.622.